The SMILES string of the molecule is CNCc1cccc(F)c1-n1ccc(C)n1. The van der Waals surface area contributed by atoms with Crippen LogP contribution in [0.2, 0.25) is 0 Å². The van der Waals surface area contributed by atoms with Gasteiger partial charge in [-0.3, -0.25) is 0 Å². The highest BCUT2D eigenvalue weighted by molar-refractivity contribution is 5.41. The average Bonchev–Trinajstić information content (AvgIpc) is 2.65. The van der Waals surface area contributed by atoms with Gasteiger partial charge in [0.05, 0.1) is 5.69 Å². The molecule has 4 heteroatoms. The van der Waals surface area contributed by atoms with E-state index in [1.807, 2.05) is 26.1 Å². The average molecular weight is 219 g/mol. The second-order valence-electron chi connectivity index (χ2n) is 3.68. The minimum absolute atomic E-state index is 0.254. The van der Waals surface area contributed by atoms with E-state index in [2.05, 4.69) is 10.4 Å². The highest BCUT2D eigenvalue weighted by Crippen LogP contribution is 2.18. The summed E-state index contributed by atoms with van der Waals surface area (Å²) in [7, 11) is 1.84. The van der Waals surface area contributed by atoms with Crippen LogP contribution >= 0.6 is 0 Å². The fourth-order valence-corrected chi connectivity index (χ4v) is 1.69. The van der Waals surface area contributed by atoms with Crippen molar-refractivity contribution in [3.63, 3.8) is 0 Å². The molecule has 0 radical (unpaired) electrons. The van der Waals surface area contributed by atoms with Crippen LogP contribution in [0, 0.1) is 12.7 Å². The first-order chi connectivity index (χ1) is 7.72. The third-order valence-corrected chi connectivity index (χ3v) is 2.39. The van der Waals surface area contributed by atoms with Gasteiger partial charge in [-0.05, 0) is 31.7 Å². The number of hydrogen-bond donors (Lipinski definition) is 1. The van der Waals surface area contributed by atoms with E-state index in [9.17, 15) is 4.39 Å². The van der Waals surface area contributed by atoms with Crippen molar-refractivity contribution in [3.8, 4) is 5.69 Å². The molecule has 1 heterocycles. The third-order valence-electron chi connectivity index (χ3n) is 2.39. The standard InChI is InChI=1S/C12H14FN3/c1-9-6-7-16(15-9)12-10(8-14-2)4-3-5-11(12)13/h3-7,14H,8H2,1-2H3. The maximum atomic E-state index is 13.8. The van der Waals surface area contributed by atoms with E-state index in [4.69, 9.17) is 0 Å². The summed E-state index contributed by atoms with van der Waals surface area (Å²) in [6.07, 6.45) is 1.77. The maximum Gasteiger partial charge on any atom is 0.149 e. The van der Waals surface area contributed by atoms with Crippen molar-refractivity contribution < 1.29 is 4.39 Å². The third kappa shape index (κ3) is 1.97. The Hall–Kier alpha value is -1.68. The van der Waals surface area contributed by atoms with Crippen molar-refractivity contribution in [1.29, 1.82) is 0 Å². The lowest BCUT2D eigenvalue weighted by atomic mass is 10.1. The van der Waals surface area contributed by atoms with Crippen molar-refractivity contribution in [1.82, 2.24) is 15.1 Å². The Bertz CT molecular complexity index is 491. The van der Waals surface area contributed by atoms with Gasteiger partial charge >= 0.3 is 0 Å². The van der Waals surface area contributed by atoms with Crippen LogP contribution in [-0.2, 0) is 6.54 Å². The second-order valence-corrected chi connectivity index (χ2v) is 3.68. The Morgan fingerprint density at radius 1 is 1.38 bits per heavy atom. The smallest absolute Gasteiger partial charge is 0.149 e. The molecule has 0 unspecified atom stereocenters. The van der Waals surface area contributed by atoms with Crippen LogP contribution in [0.25, 0.3) is 5.69 Å². The lowest BCUT2D eigenvalue weighted by Gasteiger charge is -2.10. The van der Waals surface area contributed by atoms with E-state index in [1.165, 1.54) is 6.07 Å². The Morgan fingerprint density at radius 3 is 2.81 bits per heavy atom. The number of rotatable bonds is 3. The van der Waals surface area contributed by atoms with Crippen molar-refractivity contribution >= 4 is 0 Å². The largest absolute Gasteiger partial charge is 0.316 e. The van der Waals surface area contributed by atoms with Crippen molar-refractivity contribution in [3.05, 3.63) is 47.5 Å². The molecule has 0 saturated heterocycles. The van der Waals surface area contributed by atoms with Crippen LogP contribution in [0.4, 0.5) is 4.39 Å². The topological polar surface area (TPSA) is 29.9 Å². The van der Waals surface area contributed by atoms with Gasteiger partial charge in [0, 0.05) is 12.7 Å². The molecule has 1 aromatic heterocycles. The van der Waals surface area contributed by atoms with Gasteiger partial charge in [-0.2, -0.15) is 5.10 Å². The molecule has 0 aliphatic rings. The molecule has 2 rings (SSSR count). The molecule has 0 amide bonds. The molecule has 2 aromatic rings. The quantitative estimate of drug-likeness (QED) is 0.856. The minimum atomic E-state index is -0.254. The number of hydrogen-bond acceptors (Lipinski definition) is 2. The number of nitrogens with zero attached hydrogens (tertiary/aromatic N) is 2. The van der Waals surface area contributed by atoms with Gasteiger partial charge in [0.2, 0.25) is 0 Å². The van der Waals surface area contributed by atoms with Gasteiger partial charge in [0.1, 0.15) is 11.5 Å². The van der Waals surface area contributed by atoms with Gasteiger partial charge < -0.3 is 5.32 Å². The molecule has 3 nitrogen and oxygen atoms in total. The zero-order valence-corrected chi connectivity index (χ0v) is 9.37. The van der Waals surface area contributed by atoms with Crippen molar-refractivity contribution in [2.75, 3.05) is 7.05 Å². The van der Waals surface area contributed by atoms with Crippen molar-refractivity contribution in [2.45, 2.75) is 13.5 Å². The first-order valence-electron chi connectivity index (χ1n) is 5.17. The predicted molar refractivity (Wildman–Crippen MR) is 61.0 cm³/mol. The van der Waals surface area contributed by atoms with Crippen LogP contribution in [0.3, 0.4) is 0 Å². The highest BCUT2D eigenvalue weighted by Gasteiger charge is 2.10. The monoisotopic (exact) mass is 219 g/mol. The summed E-state index contributed by atoms with van der Waals surface area (Å²) in [5.41, 5.74) is 2.29. The Morgan fingerprint density at radius 2 is 2.19 bits per heavy atom. The Kier molecular flexibility index (Phi) is 3.01. The molecule has 0 spiro atoms. The summed E-state index contributed by atoms with van der Waals surface area (Å²) >= 11 is 0. The number of aryl methyl sites for hydroxylation is 1. The summed E-state index contributed by atoms with van der Waals surface area (Å²) in [5, 5.41) is 7.25. The fourth-order valence-electron chi connectivity index (χ4n) is 1.69. The first kappa shape index (κ1) is 10.8. The predicted octanol–water partition coefficient (Wildman–Crippen LogP) is 2.04. The number of halogens is 1. The van der Waals surface area contributed by atoms with Crippen LogP contribution in [-0.4, -0.2) is 16.8 Å². The van der Waals surface area contributed by atoms with Gasteiger partial charge in [-0.15, -0.1) is 0 Å². The summed E-state index contributed by atoms with van der Waals surface area (Å²) in [6, 6.07) is 6.91. The molecule has 0 saturated carbocycles. The molecule has 0 atom stereocenters. The van der Waals surface area contributed by atoms with Gasteiger partial charge in [-0.1, -0.05) is 12.1 Å². The number of benzene rings is 1. The van der Waals surface area contributed by atoms with Crippen molar-refractivity contribution in [2.24, 2.45) is 0 Å². The molecule has 1 aromatic carbocycles. The zero-order valence-electron chi connectivity index (χ0n) is 9.37. The van der Waals surface area contributed by atoms with Gasteiger partial charge in [0.15, 0.2) is 0 Å². The van der Waals surface area contributed by atoms with Gasteiger partial charge in [0.25, 0.3) is 0 Å². The number of nitrogens with one attached hydrogen (secondary N) is 1. The summed E-state index contributed by atoms with van der Waals surface area (Å²) in [6.45, 7) is 2.50. The Labute approximate surface area is 93.9 Å². The van der Waals surface area contributed by atoms with Crippen LogP contribution in [0.1, 0.15) is 11.3 Å². The first-order valence-corrected chi connectivity index (χ1v) is 5.17. The van der Waals surface area contributed by atoms with Crippen LogP contribution in [0.5, 0.6) is 0 Å². The summed E-state index contributed by atoms with van der Waals surface area (Å²) in [5.74, 6) is -0.254. The molecule has 0 aliphatic carbocycles. The van der Waals surface area contributed by atoms with E-state index in [1.54, 1.807) is 16.9 Å². The Balaban J connectivity index is 2.53. The maximum absolute atomic E-state index is 13.8. The number of para-hydroxylation sites is 1. The second kappa shape index (κ2) is 4.45. The molecule has 84 valence electrons. The minimum Gasteiger partial charge on any atom is -0.316 e. The molecule has 1 N–H and O–H groups in total. The van der Waals surface area contributed by atoms with E-state index in [0.717, 1.165) is 11.3 Å². The molecule has 0 bridgehead atoms. The van der Waals surface area contributed by atoms with Crippen LogP contribution in [0.15, 0.2) is 30.5 Å². The normalized spacial score (nSPS) is 10.7. The van der Waals surface area contributed by atoms with E-state index >= 15 is 0 Å². The van der Waals surface area contributed by atoms with E-state index in [-0.39, 0.29) is 5.82 Å². The number of aromatic nitrogens is 2. The zero-order chi connectivity index (χ0) is 11.5. The highest BCUT2D eigenvalue weighted by atomic mass is 19.1. The molecular formula is C12H14FN3. The molecular weight excluding hydrogens is 205 g/mol. The summed E-state index contributed by atoms with van der Waals surface area (Å²) in [4.78, 5) is 0. The lowest BCUT2D eigenvalue weighted by molar-refractivity contribution is 0.604. The lowest BCUT2D eigenvalue weighted by Crippen LogP contribution is -2.11. The fraction of sp³-hybridized carbons (Fsp3) is 0.250. The molecule has 16 heavy (non-hydrogen) atoms. The summed E-state index contributed by atoms with van der Waals surface area (Å²) < 4.78 is 15.4. The van der Waals surface area contributed by atoms with E-state index < -0.39 is 0 Å². The van der Waals surface area contributed by atoms with Crippen LogP contribution < -0.4 is 5.32 Å². The molecule has 0 aliphatic heterocycles. The molecule has 0 fully saturated rings. The van der Waals surface area contributed by atoms with Gasteiger partial charge in [-0.25, -0.2) is 9.07 Å². The van der Waals surface area contributed by atoms with E-state index in [0.29, 0.717) is 12.2 Å².